The smallest absolute Gasteiger partial charge is 0.434 e. The minimum absolute atomic E-state index is 0.505. The van der Waals surface area contributed by atoms with Crippen LogP contribution in [0.3, 0.4) is 0 Å². The Labute approximate surface area is 144 Å². The van der Waals surface area contributed by atoms with E-state index in [1.165, 1.54) is 9.63 Å². The first kappa shape index (κ1) is 16.1. The Morgan fingerprint density at radius 2 is 1.88 bits per heavy atom. The summed E-state index contributed by atoms with van der Waals surface area (Å²) in [6, 6.07) is 12.6. The minimum atomic E-state index is -0.510. The van der Waals surface area contributed by atoms with E-state index in [-0.39, 0.29) is 0 Å². The first-order valence-corrected chi connectivity index (χ1v) is 7.59. The maximum absolute atomic E-state index is 12.0. The lowest BCUT2D eigenvalue weighted by atomic mass is 10.2. The molecule has 0 aliphatic rings. The number of carbonyl (C=O) groups is 1. The van der Waals surface area contributed by atoms with Crippen LogP contribution in [0.5, 0.6) is 5.75 Å². The third kappa shape index (κ3) is 3.00. The minimum Gasteiger partial charge on any atom is -0.497 e. The fourth-order valence-corrected chi connectivity index (χ4v) is 2.37. The third-order valence-corrected chi connectivity index (χ3v) is 3.69. The standard InChI is InChI=1S/C17H16ClN3O3/c1-20(2)17(22)24-21-15-10-12(18)6-9-14(15)19-16(21)11-4-7-13(23-3)8-5-11/h4-10H,1-3H3. The summed E-state index contributed by atoms with van der Waals surface area (Å²) in [4.78, 5) is 23.4. The number of imidazole rings is 1. The van der Waals surface area contributed by atoms with Crippen molar-refractivity contribution in [2.24, 2.45) is 0 Å². The molecule has 2 aromatic carbocycles. The highest BCUT2D eigenvalue weighted by atomic mass is 35.5. The van der Waals surface area contributed by atoms with E-state index in [4.69, 9.17) is 21.2 Å². The molecule has 6 nitrogen and oxygen atoms in total. The molecular formula is C17H16ClN3O3. The Hall–Kier alpha value is -2.73. The first-order chi connectivity index (χ1) is 11.5. The summed E-state index contributed by atoms with van der Waals surface area (Å²) in [6.07, 6.45) is -0.510. The lowest BCUT2D eigenvalue weighted by Gasteiger charge is -2.13. The van der Waals surface area contributed by atoms with Crippen LogP contribution >= 0.6 is 11.6 Å². The van der Waals surface area contributed by atoms with Crippen molar-refractivity contribution >= 4 is 28.7 Å². The van der Waals surface area contributed by atoms with Gasteiger partial charge >= 0.3 is 6.09 Å². The van der Waals surface area contributed by atoms with Crippen LogP contribution in [0.2, 0.25) is 5.02 Å². The normalized spacial score (nSPS) is 10.7. The van der Waals surface area contributed by atoms with Crippen molar-refractivity contribution < 1.29 is 14.4 Å². The second kappa shape index (κ2) is 6.41. The molecule has 0 unspecified atom stereocenters. The van der Waals surface area contributed by atoms with Crippen LogP contribution < -0.4 is 9.57 Å². The van der Waals surface area contributed by atoms with Crippen molar-refractivity contribution in [2.45, 2.75) is 0 Å². The number of methoxy groups -OCH3 is 1. The number of ether oxygens (including phenoxy) is 1. The molecule has 0 saturated carbocycles. The zero-order chi connectivity index (χ0) is 17.3. The van der Waals surface area contributed by atoms with E-state index in [1.54, 1.807) is 39.4 Å². The zero-order valence-electron chi connectivity index (χ0n) is 13.5. The zero-order valence-corrected chi connectivity index (χ0v) is 14.2. The Morgan fingerprint density at radius 1 is 1.17 bits per heavy atom. The lowest BCUT2D eigenvalue weighted by Crippen LogP contribution is -2.31. The summed E-state index contributed by atoms with van der Waals surface area (Å²) in [5, 5.41) is 0.533. The average molecular weight is 346 g/mol. The topological polar surface area (TPSA) is 56.6 Å². The van der Waals surface area contributed by atoms with Gasteiger partial charge in [0.25, 0.3) is 0 Å². The van der Waals surface area contributed by atoms with Gasteiger partial charge < -0.3 is 14.5 Å². The molecule has 0 aliphatic carbocycles. The van der Waals surface area contributed by atoms with Gasteiger partial charge in [0.05, 0.1) is 12.6 Å². The molecule has 1 heterocycles. The van der Waals surface area contributed by atoms with Crippen LogP contribution in [0.25, 0.3) is 22.4 Å². The Kier molecular flexibility index (Phi) is 4.31. The van der Waals surface area contributed by atoms with E-state index >= 15 is 0 Å². The lowest BCUT2D eigenvalue weighted by molar-refractivity contribution is 0.113. The number of carbonyl (C=O) groups excluding carboxylic acids is 1. The molecule has 0 saturated heterocycles. The summed E-state index contributed by atoms with van der Waals surface area (Å²) >= 11 is 6.08. The molecule has 7 heteroatoms. The monoisotopic (exact) mass is 345 g/mol. The molecular weight excluding hydrogens is 330 g/mol. The number of fused-ring (bicyclic) bond motifs is 1. The highest BCUT2D eigenvalue weighted by Crippen LogP contribution is 2.27. The quantitative estimate of drug-likeness (QED) is 0.729. The highest BCUT2D eigenvalue weighted by molar-refractivity contribution is 6.31. The third-order valence-electron chi connectivity index (χ3n) is 3.46. The molecule has 0 atom stereocenters. The van der Waals surface area contributed by atoms with Gasteiger partial charge in [0, 0.05) is 24.7 Å². The molecule has 1 amide bonds. The van der Waals surface area contributed by atoms with Gasteiger partial charge in [0.2, 0.25) is 0 Å². The van der Waals surface area contributed by atoms with Crippen molar-refractivity contribution in [1.82, 2.24) is 14.6 Å². The van der Waals surface area contributed by atoms with Gasteiger partial charge in [-0.25, -0.2) is 9.78 Å². The molecule has 0 fully saturated rings. The molecule has 0 N–H and O–H groups in total. The molecule has 0 aliphatic heterocycles. The summed E-state index contributed by atoms with van der Waals surface area (Å²) < 4.78 is 6.56. The Morgan fingerprint density at radius 3 is 2.50 bits per heavy atom. The SMILES string of the molecule is COc1ccc(-c2nc3ccc(Cl)cc3n2OC(=O)N(C)C)cc1. The molecule has 1 aromatic heterocycles. The molecule has 3 aromatic rings. The fraction of sp³-hybridized carbons (Fsp3) is 0.176. The van der Waals surface area contributed by atoms with Gasteiger partial charge in [0.1, 0.15) is 11.3 Å². The molecule has 124 valence electrons. The van der Waals surface area contributed by atoms with Crippen molar-refractivity contribution in [2.75, 3.05) is 21.2 Å². The molecule has 24 heavy (non-hydrogen) atoms. The molecule has 0 spiro atoms. The van der Waals surface area contributed by atoms with Gasteiger partial charge in [-0.15, -0.1) is 0 Å². The fourth-order valence-electron chi connectivity index (χ4n) is 2.20. The van der Waals surface area contributed by atoms with E-state index in [1.807, 2.05) is 24.3 Å². The summed E-state index contributed by atoms with van der Waals surface area (Å²) in [7, 11) is 4.83. The first-order valence-electron chi connectivity index (χ1n) is 7.21. The van der Waals surface area contributed by atoms with Crippen molar-refractivity contribution in [3.63, 3.8) is 0 Å². The summed E-state index contributed by atoms with van der Waals surface area (Å²) in [6.45, 7) is 0. The van der Waals surface area contributed by atoms with Crippen LogP contribution in [0.15, 0.2) is 42.5 Å². The van der Waals surface area contributed by atoms with Gasteiger partial charge in [-0.2, -0.15) is 4.73 Å². The van der Waals surface area contributed by atoms with Crippen molar-refractivity contribution in [3.8, 4) is 17.1 Å². The number of nitrogens with zero attached hydrogens (tertiary/aromatic N) is 3. The number of amides is 1. The molecule has 0 bridgehead atoms. The van der Waals surface area contributed by atoms with Crippen molar-refractivity contribution in [1.29, 1.82) is 0 Å². The van der Waals surface area contributed by atoms with Gasteiger partial charge in [-0.05, 0) is 42.5 Å². The van der Waals surface area contributed by atoms with Crippen LogP contribution in [0, 0.1) is 0 Å². The number of aromatic nitrogens is 2. The Bertz CT molecular complexity index is 888. The van der Waals surface area contributed by atoms with Gasteiger partial charge in [-0.1, -0.05) is 11.6 Å². The van der Waals surface area contributed by atoms with E-state index in [0.29, 0.717) is 21.9 Å². The number of rotatable bonds is 3. The van der Waals surface area contributed by atoms with E-state index in [9.17, 15) is 4.79 Å². The largest absolute Gasteiger partial charge is 0.497 e. The second-order valence-electron chi connectivity index (χ2n) is 5.34. The highest BCUT2D eigenvalue weighted by Gasteiger charge is 2.18. The van der Waals surface area contributed by atoms with E-state index < -0.39 is 6.09 Å². The summed E-state index contributed by atoms with van der Waals surface area (Å²) in [5.41, 5.74) is 2.08. The second-order valence-corrected chi connectivity index (χ2v) is 5.78. The molecule has 0 radical (unpaired) electrons. The van der Waals surface area contributed by atoms with E-state index in [2.05, 4.69) is 4.98 Å². The predicted octanol–water partition coefficient (Wildman–Crippen LogP) is 3.48. The van der Waals surface area contributed by atoms with Gasteiger partial charge in [-0.3, -0.25) is 0 Å². The van der Waals surface area contributed by atoms with Crippen molar-refractivity contribution in [3.05, 3.63) is 47.5 Å². The van der Waals surface area contributed by atoms with E-state index in [0.717, 1.165) is 11.3 Å². The van der Waals surface area contributed by atoms with Crippen LogP contribution in [0.1, 0.15) is 0 Å². The van der Waals surface area contributed by atoms with Gasteiger partial charge in [0.15, 0.2) is 5.82 Å². The number of hydrogen-bond donors (Lipinski definition) is 0. The number of halogens is 1. The Balaban J connectivity index is 2.16. The maximum atomic E-state index is 12.0. The molecule has 3 rings (SSSR count). The van der Waals surface area contributed by atoms with Crippen LogP contribution in [-0.4, -0.2) is 41.9 Å². The maximum Gasteiger partial charge on any atom is 0.434 e. The predicted molar refractivity (Wildman–Crippen MR) is 92.4 cm³/mol. The van der Waals surface area contributed by atoms with Crippen LogP contribution in [0.4, 0.5) is 4.79 Å². The van der Waals surface area contributed by atoms with Crippen LogP contribution in [-0.2, 0) is 0 Å². The number of benzene rings is 2. The summed E-state index contributed by atoms with van der Waals surface area (Å²) in [5.74, 6) is 1.24. The number of hydrogen-bond acceptors (Lipinski definition) is 4. The average Bonchev–Trinajstić information content (AvgIpc) is 2.92.